The first-order chi connectivity index (χ1) is 15.2. The number of hydrogen-bond acceptors (Lipinski definition) is 8. The summed E-state index contributed by atoms with van der Waals surface area (Å²) < 4.78 is 7.65. The second kappa shape index (κ2) is 8.81. The second-order valence-corrected chi connectivity index (χ2v) is 9.65. The van der Waals surface area contributed by atoms with E-state index >= 15 is 0 Å². The summed E-state index contributed by atoms with van der Waals surface area (Å²) in [5.41, 5.74) is 0.909. The highest BCUT2D eigenvalue weighted by molar-refractivity contribution is 7.99. The highest BCUT2D eigenvalue weighted by atomic mass is 32.2. The lowest BCUT2D eigenvalue weighted by molar-refractivity contribution is -0.130. The van der Waals surface area contributed by atoms with Crippen LogP contribution in [0.4, 0.5) is 0 Å². The van der Waals surface area contributed by atoms with Crippen molar-refractivity contribution in [2.45, 2.75) is 31.1 Å². The van der Waals surface area contributed by atoms with E-state index < -0.39 is 0 Å². The van der Waals surface area contributed by atoms with Gasteiger partial charge in [0.05, 0.1) is 27.5 Å². The van der Waals surface area contributed by atoms with Gasteiger partial charge in [0, 0.05) is 13.0 Å². The molecule has 5 heterocycles. The molecular formula is C21H19N5O2S3. The Morgan fingerprint density at radius 1 is 1.16 bits per heavy atom. The first kappa shape index (κ1) is 20.2. The van der Waals surface area contributed by atoms with Crippen molar-refractivity contribution in [3.8, 4) is 10.7 Å². The molecule has 0 N–H and O–H groups in total. The van der Waals surface area contributed by atoms with Crippen LogP contribution in [0.25, 0.3) is 10.7 Å². The molecule has 0 bridgehead atoms. The van der Waals surface area contributed by atoms with Crippen molar-refractivity contribution >= 4 is 46.1 Å². The van der Waals surface area contributed by atoms with Gasteiger partial charge in [0.25, 0.3) is 5.91 Å². The SMILES string of the molecule is CCn1c(SCC(=O)N2N=C(c3cccs3)C[C@H]2c2ccco2)nnc1-c1cccs1. The summed E-state index contributed by atoms with van der Waals surface area (Å²) in [6.45, 7) is 2.79. The van der Waals surface area contributed by atoms with Crippen LogP contribution in [0.2, 0.25) is 0 Å². The van der Waals surface area contributed by atoms with Crippen molar-refractivity contribution in [3.63, 3.8) is 0 Å². The van der Waals surface area contributed by atoms with E-state index in [1.807, 2.05) is 51.7 Å². The van der Waals surface area contributed by atoms with Gasteiger partial charge in [0.1, 0.15) is 11.8 Å². The van der Waals surface area contributed by atoms with E-state index in [0.29, 0.717) is 6.42 Å². The van der Waals surface area contributed by atoms with E-state index in [-0.39, 0.29) is 17.7 Å². The molecule has 1 aliphatic heterocycles. The monoisotopic (exact) mass is 469 g/mol. The van der Waals surface area contributed by atoms with E-state index in [1.165, 1.54) is 11.8 Å². The highest BCUT2D eigenvalue weighted by Crippen LogP contribution is 2.35. The zero-order chi connectivity index (χ0) is 21.2. The van der Waals surface area contributed by atoms with Gasteiger partial charge in [-0.05, 0) is 41.9 Å². The molecule has 5 rings (SSSR count). The van der Waals surface area contributed by atoms with Gasteiger partial charge in [0.15, 0.2) is 11.0 Å². The molecule has 0 unspecified atom stereocenters. The van der Waals surface area contributed by atoms with Crippen LogP contribution in [0.15, 0.2) is 68.1 Å². The van der Waals surface area contributed by atoms with Gasteiger partial charge in [-0.15, -0.1) is 32.9 Å². The lowest BCUT2D eigenvalue weighted by Crippen LogP contribution is -2.28. The predicted octanol–water partition coefficient (Wildman–Crippen LogP) is 5.15. The Balaban J connectivity index is 1.35. The standard InChI is InChI=1S/C21H19N5O2S3/c1-2-25-20(18-8-5-11-30-18)22-23-21(25)31-13-19(27)26-15(16-6-3-9-28-16)12-14(24-26)17-7-4-10-29-17/h3-11,15H,2,12-13H2,1H3/t15-/m0/s1. The zero-order valence-electron chi connectivity index (χ0n) is 16.7. The summed E-state index contributed by atoms with van der Waals surface area (Å²) >= 11 is 4.64. The number of thioether (sulfide) groups is 1. The fourth-order valence-electron chi connectivity index (χ4n) is 3.50. The third kappa shape index (κ3) is 3.98. The Hall–Kier alpha value is -2.69. The molecule has 1 aliphatic rings. The highest BCUT2D eigenvalue weighted by Gasteiger charge is 2.35. The number of rotatable bonds is 7. The lowest BCUT2D eigenvalue weighted by Gasteiger charge is -2.19. The average Bonchev–Trinajstić information content (AvgIpc) is 3.62. The Labute approximate surface area is 191 Å². The van der Waals surface area contributed by atoms with E-state index in [0.717, 1.165) is 38.8 Å². The van der Waals surface area contributed by atoms with Crippen LogP contribution in [0.3, 0.4) is 0 Å². The zero-order valence-corrected chi connectivity index (χ0v) is 19.1. The molecule has 0 aliphatic carbocycles. The quantitative estimate of drug-likeness (QED) is 0.350. The smallest absolute Gasteiger partial charge is 0.253 e. The molecule has 1 amide bonds. The molecule has 4 aromatic heterocycles. The molecule has 0 aromatic carbocycles. The van der Waals surface area contributed by atoms with Crippen molar-refractivity contribution in [3.05, 3.63) is 64.1 Å². The maximum atomic E-state index is 13.2. The van der Waals surface area contributed by atoms with Gasteiger partial charge in [-0.3, -0.25) is 4.79 Å². The number of carbonyl (C=O) groups excluding carboxylic acids is 1. The molecule has 0 radical (unpaired) electrons. The average molecular weight is 470 g/mol. The molecule has 10 heteroatoms. The number of thiophene rings is 2. The molecule has 158 valence electrons. The summed E-state index contributed by atoms with van der Waals surface area (Å²) in [7, 11) is 0. The van der Waals surface area contributed by atoms with Gasteiger partial charge in [-0.2, -0.15) is 5.10 Å². The van der Waals surface area contributed by atoms with Gasteiger partial charge in [0.2, 0.25) is 0 Å². The van der Waals surface area contributed by atoms with Crippen LogP contribution in [-0.2, 0) is 11.3 Å². The van der Waals surface area contributed by atoms with Gasteiger partial charge in [-0.1, -0.05) is 23.9 Å². The lowest BCUT2D eigenvalue weighted by atomic mass is 10.1. The minimum Gasteiger partial charge on any atom is -0.467 e. The number of hydrazone groups is 1. The van der Waals surface area contributed by atoms with E-state index in [9.17, 15) is 4.79 Å². The van der Waals surface area contributed by atoms with E-state index in [1.54, 1.807) is 33.9 Å². The first-order valence-corrected chi connectivity index (χ1v) is 12.6. The number of carbonyl (C=O) groups is 1. The van der Waals surface area contributed by atoms with Crippen LogP contribution >= 0.6 is 34.4 Å². The van der Waals surface area contributed by atoms with Crippen LogP contribution in [-0.4, -0.2) is 37.1 Å². The van der Waals surface area contributed by atoms with Crippen LogP contribution < -0.4 is 0 Å². The molecule has 0 saturated carbocycles. The summed E-state index contributed by atoms with van der Waals surface area (Å²) in [5.74, 6) is 1.72. The number of nitrogens with zero attached hydrogens (tertiary/aromatic N) is 5. The molecule has 7 nitrogen and oxygen atoms in total. The maximum Gasteiger partial charge on any atom is 0.253 e. The Bertz CT molecular complexity index is 1180. The minimum atomic E-state index is -0.231. The van der Waals surface area contributed by atoms with E-state index in [2.05, 4.69) is 22.2 Å². The van der Waals surface area contributed by atoms with Gasteiger partial charge < -0.3 is 8.98 Å². The van der Waals surface area contributed by atoms with Crippen molar-refractivity contribution in [1.29, 1.82) is 0 Å². The molecule has 0 spiro atoms. The third-order valence-electron chi connectivity index (χ3n) is 4.94. The number of hydrogen-bond donors (Lipinski definition) is 0. The number of furan rings is 1. The maximum absolute atomic E-state index is 13.2. The van der Waals surface area contributed by atoms with Crippen LogP contribution in [0.5, 0.6) is 0 Å². The number of amides is 1. The predicted molar refractivity (Wildman–Crippen MR) is 124 cm³/mol. The van der Waals surface area contributed by atoms with Crippen molar-refractivity contribution in [1.82, 2.24) is 19.8 Å². The molecule has 1 atom stereocenters. The Kier molecular flexibility index (Phi) is 5.75. The van der Waals surface area contributed by atoms with E-state index in [4.69, 9.17) is 4.42 Å². The van der Waals surface area contributed by atoms with Crippen molar-refractivity contribution < 1.29 is 9.21 Å². The van der Waals surface area contributed by atoms with Crippen molar-refractivity contribution in [2.75, 3.05) is 5.75 Å². The van der Waals surface area contributed by atoms with Gasteiger partial charge in [-0.25, -0.2) is 5.01 Å². The largest absolute Gasteiger partial charge is 0.467 e. The van der Waals surface area contributed by atoms with Crippen LogP contribution in [0.1, 0.15) is 30.0 Å². The number of aromatic nitrogens is 3. The molecule has 31 heavy (non-hydrogen) atoms. The van der Waals surface area contributed by atoms with Gasteiger partial charge >= 0.3 is 0 Å². The molecule has 0 fully saturated rings. The third-order valence-corrected chi connectivity index (χ3v) is 7.68. The molecule has 0 saturated heterocycles. The summed E-state index contributed by atoms with van der Waals surface area (Å²) in [5, 5.41) is 19.7. The molecule has 4 aromatic rings. The Morgan fingerprint density at radius 2 is 1.97 bits per heavy atom. The summed E-state index contributed by atoms with van der Waals surface area (Å²) in [6.07, 6.45) is 2.27. The summed E-state index contributed by atoms with van der Waals surface area (Å²) in [4.78, 5) is 15.3. The topological polar surface area (TPSA) is 76.5 Å². The van der Waals surface area contributed by atoms with Crippen molar-refractivity contribution in [2.24, 2.45) is 5.10 Å². The molecular weight excluding hydrogens is 450 g/mol. The second-order valence-electron chi connectivity index (χ2n) is 6.81. The fraction of sp³-hybridized carbons (Fsp3) is 0.238. The fourth-order valence-corrected chi connectivity index (χ4v) is 5.79. The minimum absolute atomic E-state index is 0.0821. The first-order valence-electron chi connectivity index (χ1n) is 9.81. The van der Waals surface area contributed by atoms with Crippen LogP contribution in [0, 0.1) is 0 Å². The summed E-state index contributed by atoms with van der Waals surface area (Å²) in [6, 6.07) is 11.5. The normalized spacial score (nSPS) is 16.1. The Morgan fingerprint density at radius 3 is 2.65 bits per heavy atom.